The first-order valence-electron chi connectivity index (χ1n) is 4.69. The number of alkyl halides is 1. The zero-order chi connectivity index (χ0) is 8.65. The van der Waals surface area contributed by atoms with Crippen LogP contribution in [0, 0.1) is 0 Å². The molecule has 1 atom stereocenters. The molecule has 1 aliphatic rings. The van der Waals surface area contributed by atoms with Gasteiger partial charge in [-0.3, -0.25) is 0 Å². The maximum absolute atomic E-state index is 5.52. The van der Waals surface area contributed by atoms with E-state index in [-0.39, 0.29) is 0 Å². The molecule has 1 heterocycles. The van der Waals surface area contributed by atoms with Gasteiger partial charge < -0.3 is 9.47 Å². The average molecular weight is 237 g/mol. The van der Waals surface area contributed by atoms with E-state index in [2.05, 4.69) is 15.9 Å². The number of rotatable bonds is 5. The highest BCUT2D eigenvalue weighted by atomic mass is 79.9. The van der Waals surface area contributed by atoms with E-state index in [0.717, 1.165) is 31.6 Å². The fourth-order valence-electron chi connectivity index (χ4n) is 1.31. The highest BCUT2D eigenvalue weighted by Gasteiger charge is 2.12. The van der Waals surface area contributed by atoms with Gasteiger partial charge in [0.1, 0.15) is 0 Å². The molecule has 0 N–H and O–H groups in total. The zero-order valence-electron chi connectivity index (χ0n) is 7.43. The van der Waals surface area contributed by atoms with Crippen molar-refractivity contribution in [2.45, 2.75) is 31.8 Å². The van der Waals surface area contributed by atoms with Gasteiger partial charge in [-0.05, 0) is 25.7 Å². The van der Waals surface area contributed by atoms with Crippen LogP contribution in [0.2, 0.25) is 0 Å². The van der Waals surface area contributed by atoms with Crippen molar-refractivity contribution in [1.29, 1.82) is 0 Å². The third kappa shape index (κ3) is 4.43. The van der Waals surface area contributed by atoms with E-state index < -0.39 is 0 Å². The highest BCUT2D eigenvalue weighted by Crippen LogP contribution is 2.12. The van der Waals surface area contributed by atoms with Crippen LogP contribution in [0.4, 0.5) is 0 Å². The lowest BCUT2D eigenvalue weighted by atomic mass is 10.1. The summed E-state index contributed by atoms with van der Waals surface area (Å²) in [5, 5.41) is 1.03. The third-order valence-electron chi connectivity index (χ3n) is 2.00. The maximum Gasteiger partial charge on any atom is 0.0808 e. The van der Waals surface area contributed by atoms with Crippen LogP contribution in [0.25, 0.3) is 0 Å². The summed E-state index contributed by atoms with van der Waals surface area (Å²) < 4.78 is 11.0. The van der Waals surface area contributed by atoms with Gasteiger partial charge in [-0.1, -0.05) is 15.9 Å². The van der Waals surface area contributed by atoms with Gasteiger partial charge in [0.05, 0.1) is 12.7 Å². The minimum absolute atomic E-state index is 0.370. The van der Waals surface area contributed by atoms with E-state index in [1.54, 1.807) is 0 Å². The quantitative estimate of drug-likeness (QED) is 0.539. The second-order valence-electron chi connectivity index (χ2n) is 3.11. The number of ether oxygens (including phenoxy) is 2. The molecule has 0 saturated carbocycles. The molecule has 0 unspecified atom stereocenters. The predicted octanol–water partition coefficient (Wildman–Crippen LogP) is 2.36. The lowest BCUT2D eigenvalue weighted by molar-refractivity contribution is -0.0402. The molecule has 0 spiro atoms. The normalized spacial score (nSPS) is 24.2. The first kappa shape index (κ1) is 10.5. The minimum atomic E-state index is 0.370. The van der Waals surface area contributed by atoms with E-state index in [0.29, 0.717) is 6.10 Å². The van der Waals surface area contributed by atoms with Gasteiger partial charge in [-0.25, -0.2) is 0 Å². The summed E-state index contributed by atoms with van der Waals surface area (Å²) in [4.78, 5) is 0. The average Bonchev–Trinajstić information content (AvgIpc) is 2.14. The molecule has 1 saturated heterocycles. The topological polar surface area (TPSA) is 18.5 Å². The summed E-state index contributed by atoms with van der Waals surface area (Å²) >= 11 is 3.36. The number of halogens is 1. The van der Waals surface area contributed by atoms with E-state index in [4.69, 9.17) is 9.47 Å². The summed E-state index contributed by atoms with van der Waals surface area (Å²) in [5.74, 6) is 0. The standard InChI is InChI=1S/C9H17BrO2/c10-5-3-6-11-8-9-4-1-2-7-12-9/h9H,1-8H2/t9-/m0/s1. The number of hydrogen-bond donors (Lipinski definition) is 0. The Bertz CT molecular complexity index is 103. The molecule has 1 rings (SSSR count). The molecule has 0 aromatic carbocycles. The van der Waals surface area contributed by atoms with Crippen LogP contribution in [0.3, 0.4) is 0 Å². The second-order valence-corrected chi connectivity index (χ2v) is 3.90. The van der Waals surface area contributed by atoms with Crippen LogP contribution in [0.5, 0.6) is 0 Å². The highest BCUT2D eigenvalue weighted by molar-refractivity contribution is 9.09. The molecule has 1 fully saturated rings. The SMILES string of the molecule is BrCCCOC[C@@H]1CCCCO1. The predicted molar refractivity (Wildman–Crippen MR) is 52.8 cm³/mol. The Morgan fingerprint density at radius 1 is 1.42 bits per heavy atom. The summed E-state index contributed by atoms with van der Waals surface area (Å²) in [6.45, 7) is 2.56. The zero-order valence-corrected chi connectivity index (χ0v) is 9.01. The molecule has 0 aromatic heterocycles. The molecular formula is C9H17BrO2. The van der Waals surface area contributed by atoms with Crippen molar-refractivity contribution < 1.29 is 9.47 Å². The van der Waals surface area contributed by atoms with Gasteiger partial charge in [0.2, 0.25) is 0 Å². The van der Waals surface area contributed by atoms with Crippen LogP contribution >= 0.6 is 15.9 Å². The smallest absolute Gasteiger partial charge is 0.0808 e. The van der Waals surface area contributed by atoms with Gasteiger partial charge in [0, 0.05) is 18.5 Å². The van der Waals surface area contributed by atoms with Gasteiger partial charge in [-0.15, -0.1) is 0 Å². The lowest BCUT2D eigenvalue weighted by Gasteiger charge is -2.22. The van der Waals surface area contributed by atoms with Crippen molar-refractivity contribution in [3.8, 4) is 0 Å². The third-order valence-corrected chi connectivity index (χ3v) is 2.56. The Hall–Kier alpha value is 0.400. The van der Waals surface area contributed by atoms with Crippen LogP contribution in [-0.2, 0) is 9.47 Å². The first-order chi connectivity index (χ1) is 5.93. The fraction of sp³-hybridized carbons (Fsp3) is 1.00. The Kier molecular flexibility index (Phi) is 6.00. The second kappa shape index (κ2) is 6.87. The van der Waals surface area contributed by atoms with Crippen LogP contribution in [0.1, 0.15) is 25.7 Å². The van der Waals surface area contributed by atoms with E-state index in [9.17, 15) is 0 Å². The van der Waals surface area contributed by atoms with Crippen LogP contribution < -0.4 is 0 Å². The summed E-state index contributed by atoms with van der Waals surface area (Å²) in [6, 6.07) is 0. The Balaban J connectivity index is 1.91. The fourth-order valence-corrected chi connectivity index (χ4v) is 1.54. The number of hydrogen-bond acceptors (Lipinski definition) is 2. The molecule has 2 nitrogen and oxygen atoms in total. The largest absolute Gasteiger partial charge is 0.379 e. The van der Waals surface area contributed by atoms with Crippen molar-refractivity contribution >= 4 is 15.9 Å². The van der Waals surface area contributed by atoms with Crippen molar-refractivity contribution in [2.24, 2.45) is 0 Å². The maximum atomic E-state index is 5.52. The molecule has 0 amide bonds. The van der Waals surface area contributed by atoms with E-state index in [1.165, 1.54) is 19.3 Å². The lowest BCUT2D eigenvalue weighted by Crippen LogP contribution is -2.24. The van der Waals surface area contributed by atoms with E-state index >= 15 is 0 Å². The minimum Gasteiger partial charge on any atom is -0.379 e. The Labute approximate surface area is 82.7 Å². The van der Waals surface area contributed by atoms with Gasteiger partial charge in [0.25, 0.3) is 0 Å². The van der Waals surface area contributed by atoms with Crippen LogP contribution in [-0.4, -0.2) is 31.3 Å². The van der Waals surface area contributed by atoms with Crippen molar-refractivity contribution in [3.05, 3.63) is 0 Å². The summed E-state index contributed by atoms with van der Waals surface area (Å²) in [6.07, 6.45) is 5.15. The van der Waals surface area contributed by atoms with Crippen LogP contribution in [0.15, 0.2) is 0 Å². The summed E-state index contributed by atoms with van der Waals surface area (Å²) in [5.41, 5.74) is 0. The van der Waals surface area contributed by atoms with Crippen molar-refractivity contribution in [1.82, 2.24) is 0 Å². The Morgan fingerprint density at radius 2 is 2.33 bits per heavy atom. The van der Waals surface area contributed by atoms with E-state index in [1.807, 2.05) is 0 Å². The molecule has 12 heavy (non-hydrogen) atoms. The molecule has 72 valence electrons. The van der Waals surface area contributed by atoms with Gasteiger partial charge >= 0.3 is 0 Å². The van der Waals surface area contributed by atoms with Crippen molar-refractivity contribution in [3.63, 3.8) is 0 Å². The monoisotopic (exact) mass is 236 g/mol. The molecule has 3 heteroatoms. The molecule has 1 aliphatic heterocycles. The van der Waals surface area contributed by atoms with Gasteiger partial charge in [0.15, 0.2) is 0 Å². The molecule has 0 aliphatic carbocycles. The molecular weight excluding hydrogens is 220 g/mol. The van der Waals surface area contributed by atoms with Gasteiger partial charge in [-0.2, -0.15) is 0 Å². The molecule has 0 radical (unpaired) electrons. The Morgan fingerprint density at radius 3 is 3.00 bits per heavy atom. The summed E-state index contributed by atoms with van der Waals surface area (Å²) in [7, 11) is 0. The molecule has 0 aromatic rings. The first-order valence-corrected chi connectivity index (χ1v) is 5.81. The van der Waals surface area contributed by atoms with Crippen molar-refractivity contribution in [2.75, 3.05) is 25.2 Å². The molecule has 0 bridgehead atoms.